The molecule has 0 saturated heterocycles. The lowest BCUT2D eigenvalue weighted by Crippen LogP contribution is -2.44. The molecule has 0 aromatic heterocycles. The van der Waals surface area contributed by atoms with Gasteiger partial charge in [0, 0.05) is 26.1 Å². The molecule has 0 bridgehead atoms. The summed E-state index contributed by atoms with van der Waals surface area (Å²) in [6.45, 7) is 11.8. The van der Waals surface area contributed by atoms with Gasteiger partial charge in [0.05, 0.1) is 0 Å². The lowest BCUT2D eigenvalue weighted by Gasteiger charge is -2.25. The smallest absolute Gasteiger partial charge is 0.407 e. The Morgan fingerprint density at radius 2 is 1.74 bits per heavy atom. The molecule has 0 aliphatic rings. The molecular weight excluding hydrogens is 244 g/mol. The molecule has 1 atom stereocenters. The van der Waals surface area contributed by atoms with Crippen molar-refractivity contribution in [2.45, 2.75) is 59.6 Å². The molecule has 0 unspecified atom stereocenters. The van der Waals surface area contributed by atoms with Gasteiger partial charge >= 0.3 is 6.09 Å². The van der Waals surface area contributed by atoms with Crippen LogP contribution >= 0.6 is 0 Å². The summed E-state index contributed by atoms with van der Waals surface area (Å²) in [6, 6.07) is -0.143. The first-order valence-electron chi connectivity index (χ1n) is 6.74. The van der Waals surface area contributed by atoms with E-state index in [1.165, 1.54) is 0 Å². The van der Waals surface area contributed by atoms with E-state index in [0.29, 0.717) is 18.9 Å². The first-order chi connectivity index (χ1) is 8.51. The van der Waals surface area contributed by atoms with E-state index < -0.39 is 11.7 Å². The minimum Gasteiger partial charge on any atom is -0.444 e. The number of amides is 2. The molecule has 0 fully saturated rings. The molecule has 0 heterocycles. The molecule has 0 aromatic carbocycles. The summed E-state index contributed by atoms with van der Waals surface area (Å²) < 4.78 is 5.16. The van der Waals surface area contributed by atoms with Crippen LogP contribution in [-0.4, -0.2) is 42.1 Å². The number of likely N-dealkylation sites (N-methyl/N-ethyl adjacent to an activating group) is 1. The van der Waals surface area contributed by atoms with Crippen LogP contribution in [0.3, 0.4) is 0 Å². The zero-order valence-electron chi connectivity index (χ0n) is 13.2. The van der Waals surface area contributed by atoms with Crippen molar-refractivity contribution >= 4 is 12.0 Å². The monoisotopic (exact) mass is 272 g/mol. The number of carbonyl (C=O) groups excluding carboxylic acids is 2. The van der Waals surface area contributed by atoms with Crippen LogP contribution in [0.5, 0.6) is 0 Å². The highest BCUT2D eigenvalue weighted by Gasteiger charge is 2.19. The topological polar surface area (TPSA) is 58.6 Å². The fraction of sp³-hybridized carbons (Fsp3) is 0.857. The Morgan fingerprint density at radius 1 is 1.21 bits per heavy atom. The summed E-state index contributed by atoms with van der Waals surface area (Å²) in [7, 11) is 1.75. The highest BCUT2D eigenvalue weighted by Crippen LogP contribution is 2.07. The van der Waals surface area contributed by atoms with Gasteiger partial charge in [-0.3, -0.25) is 4.79 Å². The van der Waals surface area contributed by atoms with E-state index in [1.807, 2.05) is 41.5 Å². The van der Waals surface area contributed by atoms with Gasteiger partial charge in [0.2, 0.25) is 5.91 Å². The maximum absolute atomic E-state index is 11.8. The predicted molar refractivity (Wildman–Crippen MR) is 75.9 cm³/mol. The van der Waals surface area contributed by atoms with E-state index in [2.05, 4.69) is 5.32 Å². The normalized spacial score (nSPS) is 13.1. The van der Waals surface area contributed by atoms with Crippen LogP contribution in [-0.2, 0) is 9.53 Å². The van der Waals surface area contributed by atoms with Gasteiger partial charge in [0.25, 0.3) is 0 Å². The minimum absolute atomic E-state index is 0.0906. The van der Waals surface area contributed by atoms with Crippen LogP contribution in [0.1, 0.15) is 48.0 Å². The van der Waals surface area contributed by atoms with Crippen molar-refractivity contribution in [2.75, 3.05) is 13.6 Å². The second-order valence-electron chi connectivity index (χ2n) is 6.42. The van der Waals surface area contributed by atoms with Gasteiger partial charge in [-0.25, -0.2) is 4.79 Å². The number of alkyl carbamates (subject to hydrolysis) is 1. The number of carbonyl (C=O) groups is 2. The van der Waals surface area contributed by atoms with E-state index in [4.69, 9.17) is 4.74 Å². The third-order valence-corrected chi connectivity index (χ3v) is 2.32. The molecule has 112 valence electrons. The molecule has 0 rings (SSSR count). The quantitative estimate of drug-likeness (QED) is 0.836. The van der Waals surface area contributed by atoms with Crippen LogP contribution < -0.4 is 5.32 Å². The van der Waals surface area contributed by atoms with Crippen LogP contribution in [0.25, 0.3) is 0 Å². The zero-order valence-corrected chi connectivity index (χ0v) is 13.2. The molecule has 0 saturated carbocycles. The Bertz CT molecular complexity index is 308. The Morgan fingerprint density at radius 3 is 2.16 bits per heavy atom. The maximum Gasteiger partial charge on any atom is 0.407 e. The van der Waals surface area contributed by atoms with E-state index >= 15 is 0 Å². The molecule has 2 amide bonds. The highest BCUT2D eigenvalue weighted by atomic mass is 16.6. The predicted octanol–water partition coefficient (Wildman–Crippen LogP) is 2.40. The van der Waals surface area contributed by atoms with Gasteiger partial charge in [-0.05, 0) is 33.6 Å². The van der Waals surface area contributed by atoms with E-state index in [0.717, 1.165) is 0 Å². The van der Waals surface area contributed by atoms with E-state index in [1.54, 1.807) is 11.9 Å². The molecule has 0 aliphatic carbocycles. The van der Waals surface area contributed by atoms with Crippen molar-refractivity contribution in [2.24, 2.45) is 5.92 Å². The Labute approximate surface area is 116 Å². The molecule has 0 radical (unpaired) electrons. The number of hydrogen-bond acceptors (Lipinski definition) is 3. The Balaban J connectivity index is 4.13. The van der Waals surface area contributed by atoms with Crippen LogP contribution in [0.15, 0.2) is 0 Å². The number of nitrogens with one attached hydrogen (secondary N) is 1. The molecule has 19 heavy (non-hydrogen) atoms. The summed E-state index contributed by atoms with van der Waals surface area (Å²) in [6.07, 6.45) is 0.0695. The highest BCUT2D eigenvalue weighted by molar-refractivity contribution is 5.76. The number of hydrogen-bond donors (Lipinski definition) is 1. The maximum atomic E-state index is 11.8. The third-order valence-electron chi connectivity index (χ3n) is 2.32. The van der Waals surface area contributed by atoms with Crippen LogP contribution in [0.2, 0.25) is 0 Å². The van der Waals surface area contributed by atoms with Crippen molar-refractivity contribution in [3.63, 3.8) is 0 Å². The summed E-state index contributed by atoms with van der Waals surface area (Å²) in [5.41, 5.74) is -0.511. The van der Waals surface area contributed by atoms with Crippen LogP contribution in [0.4, 0.5) is 4.79 Å². The standard InChI is InChI=1S/C14H28N2O3/c1-10(2)8-12(17)16(7)9-11(3)15-13(18)19-14(4,5)6/h10-11H,8-9H2,1-7H3,(H,15,18)/t11-/m0/s1. The van der Waals surface area contributed by atoms with Gasteiger partial charge < -0.3 is 15.0 Å². The Kier molecular flexibility index (Phi) is 6.87. The third kappa shape index (κ3) is 9.33. The van der Waals surface area contributed by atoms with E-state index in [9.17, 15) is 9.59 Å². The van der Waals surface area contributed by atoms with Crippen molar-refractivity contribution in [1.82, 2.24) is 10.2 Å². The lowest BCUT2D eigenvalue weighted by molar-refractivity contribution is -0.130. The summed E-state index contributed by atoms with van der Waals surface area (Å²) in [5, 5.41) is 2.72. The van der Waals surface area contributed by atoms with Crippen molar-refractivity contribution in [3.05, 3.63) is 0 Å². The molecule has 5 heteroatoms. The fourth-order valence-corrected chi connectivity index (χ4v) is 1.57. The largest absolute Gasteiger partial charge is 0.444 e. The number of ether oxygens (including phenoxy) is 1. The zero-order chi connectivity index (χ0) is 15.2. The lowest BCUT2D eigenvalue weighted by atomic mass is 10.1. The van der Waals surface area contributed by atoms with E-state index in [-0.39, 0.29) is 11.9 Å². The summed E-state index contributed by atoms with van der Waals surface area (Å²) in [5.74, 6) is 0.428. The average Bonchev–Trinajstić information content (AvgIpc) is 2.11. The van der Waals surface area contributed by atoms with Crippen molar-refractivity contribution in [1.29, 1.82) is 0 Å². The van der Waals surface area contributed by atoms with Gasteiger partial charge in [-0.15, -0.1) is 0 Å². The Hall–Kier alpha value is -1.26. The fourth-order valence-electron chi connectivity index (χ4n) is 1.57. The van der Waals surface area contributed by atoms with Gasteiger partial charge in [0.15, 0.2) is 0 Å². The van der Waals surface area contributed by atoms with Crippen LogP contribution in [0, 0.1) is 5.92 Å². The van der Waals surface area contributed by atoms with Crippen molar-refractivity contribution < 1.29 is 14.3 Å². The molecule has 0 aliphatic heterocycles. The SMILES string of the molecule is CC(C)CC(=O)N(C)C[C@H](C)NC(=O)OC(C)(C)C. The first kappa shape index (κ1) is 17.7. The van der Waals surface area contributed by atoms with Gasteiger partial charge in [-0.2, -0.15) is 0 Å². The molecule has 0 aromatic rings. The second kappa shape index (κ2) is 7.36. The molecule has 1 N–H and O–H groups in total. The second-order valence-corrected chi connectivity index (χ2v) is 6.42. The average molecular weight is 272 g/mol. The molecule has 5 nitrogen and oxygen atoms in total. The number of rotatable bonds is 5. The summed E-state index contributed by atoms with van der Waals surface area (Å²) in [4.78, 5) is 25.0. The first-order valence-corrected chi connectivity index (χ1v) is 6.74. The number of nitrogens with zero attached hydrogens (tertiary/aromatic N) is 1. The van der Waals surface area contributed by atoms with Gasteiger partial charge in [-0.1, -0.05) is 13.8 Å². The van der Waals surface area contributed by atoms with Gasteiger partial charge in [0.1, 0.15) is 5.60 Å². The minimum atomic E-state index is -0.511. The molecule has 0 spiro atoms. The van der Waals surface area contributed by atoms with Crippen molar-refractivity contribution in [3.8, 4) is 0 Å². The molecular formula is C14H28N2O3. The summed E-state index contributed by atoms with van der Waals surface area (Å²) >= 11 is 0.